The number of nitrogens with one attached hydrogen (secondary N) is 1. The van der Waals surface area contributed by atoms with Gasteiger partial charge in [-0.2, -0.15) is 31.6 Å². The molecule has 1 amide bonds. The lowest BCUT2D eigenvalue weighted by Gasteiger charge is -2.46. The molecule has 4 rings (SSSR count). The van der Waals surface area contributed by atoms with Gasteiger partial charge in [-0.1, -0.05) is 6.07 Å². The van der Waals surface area contributed by atoms with E-state index in [4.69, 9.17) is 10.00 Å². The van der Waals surface area contributed by atoms with Crippen molar-refractivity contribution < 1.29 is 35.9 Å². The number of alkyl halides is 6. The Balaban J connectivity index is 1.31. The Kier molecular flexibility index (Phi) is 7.77. The van der Waals surface area contributed by atoms with E-state index in [1.165, 1.54) is 0 Å². The van der Waals surface area contributed by atoms with Crippen LogP contribution in [0.3, 0.4) is 0 Å². The third kappa shape index (κ3) is 6.80. The Morgan fingerprint density at radius 1 is 0.946 bits per heavy atom. The van der Waals surface area contributed by atoms with Gasteiger partial charge in [0, 0.05) is 51.4 Å². The Morgan fingerprint density at radius 2 is 1.57 bits per heavy atom. The zero-order valence-electron chi connectivity index (χ0n) is 19.6. The number of fused-ring (bicyclic) bond motifs is 2. The molecule has 2 aromatic rings. The van der Waals surface area contributed by atoms with E-state index in [-0.39, 0.29) is 36.3 Å². The van der Waals surface area contributed by atoms with Gasteiger partial charge in [0.1, 0.15) is 0 Å². The van der Waals surface area contributed by atoms with Crippen LogP contribution in [0.2, 0.25) is 0 Å². The van der Waals surface area contributed by atoms with Crippen LogP contribution in [0.4, 0.5) is 26.3 Å². The summed E-state index contributed by atoms with van der Waals surface area (Å²) in [4.78, 5) is 16.2. The molecule has 2 saturated heterocycles. The molecule has 0 radical (unpaired) electrons. The molecule has 2 aromatic carbocycles. The molecule has 2 aliphatic heterocycles. The topological polar surface area (TPSA) is 68.6 Å². The Morgan fingerprint density at radius 3 is 2.14 bits per heavy atom. The summed E-state index contributed by atoms with van der Waals surface area (Å²) in [5, 5.41) is 11.7. The fourth-order valence-corrected chi connectivity index (χ4v) is 4.69. The Labute approximate surface area is 209 Å². The molecule has 0 aliphatic carbocycles. The summed E-state index contributed by atoms with van der Waals surface area (Å²) in [6.45, 7) is 2.49. The van der Waals surface area contributed by atoms with Crippen molar-refractivity contribution in [1.82, 2.24) is 15.1 Å². The van der Waals surface area contributed by atoms with Crippen molar-refractivity contribution in [3.05, 3.63) is 70.3 Å². The van der Waals surface area contributed by atoms with Crippen LogP contribution in [0.15, 0.2) is 42.5 Å². The van der Waals surface area contributed by atoms with Crippen LogP contribution < -0.4 is 5.32 Å². The van der Waals surface area contributed by atoms with Gasteiger partial charge in [-0.3, -0.25) is 14.6 Å². The summed E-state index contributed by atoms with van der Waals surface area (Å²) in [5.41, 5.74) is -1.92. The number of carbonyl (C=O) groups is 1. The molecule has 0 spiro atoms. The standard InChI is InChI=1S/C25H24F6N4O2/c26-24(27,28)19-6-5-18(22(9-19)25(29,30)31)11-35-14-20-12-34(13-21(15-35)37-20)8-7-33-23(36)17-3-1-16(10-32)2-4-17/h1-6,9,20-21H,7-8,11-15H2,(H,33,36). The van der Waals surface area contributed by atoms with E-state index in [1.54, 1.807) is 29.2 Å². The van der Waals surface area contributed by atoms with Crippen LogP contribution >= 0.6 is 0 Å². The zero-order chi connectivity index (χ0) is 26.8. The number of morpholine rings is 2. The molecule has 0 saturated carbocycles. The van der Waals surface area contributed by atoms with Crippen LogP contribution in [0.5, 0.6) is 0 Å². The average molecular weight is 526 g/mol. The third-order valence-corrected chi connectivity index (χ3v) is 6.36. The number of amides is 1. The van der Waals surface area contributed by atoms with Crippen molar-refractivity contribution in [2.24, 2.45) is 0 Å². The molecule has 37 heavy (non-hydrogen) atoms. The molecule has 2 aliphatic rings. The molecule has 0 aromatic heterocycles. The number of nitrogens with zero attached hydrogens (tertiary/aromatic N) is 3. The van der Waals surface area contributed by atoms with Crippen molar-refractivity contribution in [3.8, 4) is 6.07 Å². The average Bonchev–Trinajstić information content (AvgIpc) is 2.82. The Bertz CT molecular complexity index is 1150. The van der Waals surface area contributed by atoms with Gasteiger partial charge in [0.25, 0.3) is 5.91 Å². The van der Waals surface area contributed by atoms with E-state index >= 15 is 0 Å². The number of hydrogen-bond donors (Lipinski definition) is 1. The normalized spacial score (nSPS) is 20.9. The molecule has 6 nitrogen and oxygen atoms in total. The zero-order valence-corrected chi connectivity index (χ0v) is 19.6. The fraction of sp³-hybridized carbons (Fsp3) is 0.440. The minimum absolute atomic E-state index is 0.135. The lowest BCUT2D eigenvalue weighted by molar-refractivity contribution is -0.146. The molecule has 2 unspecified atom stereocenters. The van der Waals surface area contributed by atoms with E-state index in [2.05, 4.69) is 10.2 Å². The lowest BCUT2D eigenvalue weighted by Crippen LogP contribution is -2.59. The molecule has 2 bridgehead atoms. The van der Waals surface area contributed by atoms with Crippen molar-refractivity contribution in [1.29, 1.82) is 5.26 Å². The van der Waals surface area contributed by atoms with Gasteiger partial charge in [-0.15, -0.1) is 0 Å². The Hall–Kier alpha value is -3.14. The highest BCUT2D eigenvalue weighted by Gasteiger charge is 2.40. The highest BCUT2D eigenvalue weighted by molar-refractivity contribution is 5.94. The second-order valence-electron chi connectivity index (χ2n) is 9.15. The van der Waals surface area contributed by atoms with Gasteiger partial charge < -0.3 is 10.1 Å². The maximum absolute atomic E-state index is 13.5. The predicted molar refractivity (Wildman–Crippen MR) is 120 cm³/mol. The van der Waals surface area contributed by atoms with Crippen molar-refractivity contribution >= 4 is 5.91 Å². The summed E-state index contributed by atoms with van der Waals surface area (Å²) in [5.74, 6) is -0.263. The number of ether oxygens (including phenoxy) is 1. The van der Waals surface area contributed by atoms with Gasteiger partial charge >= 0.3 is 12.4 Å². The monoisotopic (exact) mass is 526 g/mol. The highest BCUT2D eigenvalue weighted by Crippen LogP contribution is 2.38. The number of halogens is 6. The minimum Gasteiger partial charge on any atom is -0.370 e. The smallest absolute Gasteiger partial charge is 0.370 e. The number of nitriles is 1. The van der Waals surface area contributed by atoms with Gasteiger partial charge in [-0.05, 0) is 42.0 Å². The van der Waals surface area contributed by atoms with E-state index in [0.29, 0.717) is 56.5 Å². The molecule has 2 atom stereocenters. The summed E-state index contributed by atoms with van der Waals surface area (Å²) in [6, 6.07) is 10.0. The first kappa shape index (κ1) is 26.9. The van der Waals surface area contributed by atoms with Crippen LogP contribution in [0.25, 0.3) is 0 Å². The van der Waals surface area contributed by atoms with Gasteiger partial charge in [-0.25, -0.2) is 0 Å². The third-order valence-electron chi connectivity index (χ3n) is 6.36. The highest BCUT2D eigenvalue weighted by atomic mass is 19.4. The quantitative estimate of drug-likeness (QED) is 0.579. The summed E-state index contributed by atoms with van der Waals surface area (Å²) in [7, 11) is 0. The largest absolute Gasteiger partial charge is 0.416 e. The predicted octanol–water partition coefficient (Wildman–Crippen LogP) is 3.91. The molecule has 198 valence electrons. The summed E-state index contributed by atoms with van der Waals surface area (Å²) in [6.07, 6.45) is -10.3. The first-order valence-corrected chi connectivity index (χ1v) is 11.6. The molecule has 2 fully saturated rings. The van der Waals surface area contributed by atoms with Crippen molar-refractivity contribution in [3.63, 3.8) is 0 Å². The molecular weight excluding hydrogens is 502 g/mol. The van der Waals surface area contributed by atoms with Crippen LogP contribution in [-0.4, -0.2) is 67.2 Å². The first-order valence-electron chi connectivity index (χ1n) is 11.6. The summed E-state index contributed by atoms with van der Waals surface area (Å²) < 4.78 is 85.3. The number of hydrogen-bond acceptors (Lipinski definition) is 5. The molecule has 12 heteroatoms. The van der Waals surface area contributed by atoms with Gasteiger partial charge in [0.15, 0.2) is 0 Å². The lowest BCUT2D eigenvalue weighted by atomic mass is 10.0. The first-order chi connectivity index (χ1) is 17.4. The van der Waals surface area contributed by atoms with Crippen molar-refractivity contribution in [2.45, 2.75) is 31.1 Å². The van der Waals surface area contributed by atoms with Gasteiger partial charge in [0.05, 0.1) is 35.0 Å². The van der Waals surface area contributed by atoms with Crippen molar-refractivity contribution in [2.75, 3.05) is 39.3 Å². The molecular formula is C25H24F6N4O2. The molecule has 2 heterocycles. The second kappa shape index (κ2) is 10.7. The molecule has 1 N–H and O–H groups in total. The second-order valence-corrected chi connectivity index (χ2v) is 9.15. The number of carbonyl (C=O) groups excluding carboxylic acids is 1. The van der Waals surface area contributed by atoms with Crippen LogP contribution in [0.1, 0.15) is 32.6 Å². The number of rotatable bonds is 6. The van der Waals surface area contributed by atoms with E-state index in [9.17, 15) is 31.1 Å². The number of benzene rings is 2. The van der Waals surface area contributed by atoms with E-state index < -0.39 is 23.5 Å². The SMILES string of the molecule is N#Cc1ccc(C(=O)NCCN2CC3CN(Cc4ccc(C(F)(F)F)cc4C(F)(F)F)CC(C2)O3)cc1. The van der Waals surface area contributed by atoms with Crippen LogP contribution in [0, 0.1) is 11.3 Å². The maximum Gasteiger partial charge on any atom is 0.416 e. The van der Waals surface area contributed by atoms with E-state index in [0.717, 1.165) is 6.07 Å². The van der Waals surface area contributed by atoms with Crippen LogP contribution in [-0.2, 0) is 23.6 Å². The maximum atomic E-state index is 13.5. The van der Waals surface area contributed by atoms with Gasteiger partial charge in [0.2, 0.25) is 0 Å². The fourth-order valence-electron chi connectivity index (χ4n) is 4.69. The van der Waals surface area contributed by atoms with E-state index in [1.807, 2.05) is 6.07 Å². The summed E-state index contributed by atoms with van der Waals surface area (Å²) >= 11 is 0. The minimum atomic E-state index is -4.91.